The highest BCUT2D eigenvalue weighted by molar-refractivity contribution is 7.89. The van der Waals surface area contributed by atoms with E-state index in [0.717, 1.165) is 5.56 Å². The highest BCUT2D eigenvalue weighted by atomic mass is 32.2. The number of nitrogens with zero attached hydrogens (tertiary/aromatic N) is 2. The number of rotatable bonds is 6. The normalized spacial score (nSPS) is 15.2. The summed E-state index contributed by atoms with van der Waals surface area (Å²) in [6.45, 7) is 1.96. The van der Waals surface area contributed by atoms with Crippen LogP contribution >= 0.6 is 0 Å². The summed E-state index contributed by atoms with van der Waals surface area (Å²) in [5.41, 5.74) is 1.54. The van der Waals surface area contributed by atoms with E-state index < -0.39 is 10.0 Å². The van der Waals surface area contributed by atoms with E-state index in [4.69, 9.17) is 4.52 Å². The molecule has 0 aliphatic carbocycles. The van der Waals surface area contributed by atoms with Gasteiger partial charge in [-0.05, 0) is 37.1 Å². The van der Waals surface area contributed by atoms with Gasteiger partial charge in [-0.25, -0.2) is 8.42 Å². The van der Waals surface area contributed by atoms with Crippen LogP contribution in [-0.4, -0.2) is 48.8 Å². The van der Waals surface area contributed by atoms with Gasteiger partial charge in [0.2, 0.25) is 15.9 Å². The largest absolute Gasteiger partial charge is 0.355 e. The SMILES string of the molecule is CC(=O)Nc1ccc(S(=O)(=O)N2CCC(NC(=O)c3cc(-c4ccccc4)on3)CC2)cc1. The molecule has 33 heavy (non-hydrogen) atoms. The maximum atomic E-state index is 12.9. The second-order valence-corrected chi connectivity index (χ2v) is 9.74. The van der Waals surface area contributed by atoms with Crippen molar-refractivity contribution < 1.29 is 22.5 Å². The molecule has 4 rings (SSSR count). The molecule has 3 aromatic rings. The maximum Gasteiger partial charge on any atom is 0.273 e. The molecular formula is C23H24N4O5S. The molecule has 1 saturated heterocycles. The Labute approximate surface area is 191 Å². The van der Waals surface area contributed by atoms with Crippen molar-refractivity contribution in [3.05, 3.63) is 66.4 Å². The molecule has 0 bridgehead atoms. The Balaban J connectivity index is 1.33. The predicted octanol–water partition coefficient (Wildman–Crippen LogP) is 2.88. The first-order valence-corrected chi connectivity index (χ1v) is 12.0. The van der Waals surface area contributed by atoms with Crippen LogP contribution in [0.25, 0.3) is 11.3 Å². The monoisotopic (exact) mass is 468 g/mol. The lowest BCUT2D eigenvalue weighted by atomic mass is 10.1. The summed E-state index contributed by atoms with van der Waals surface area (Å²) in [4.78, 5) is 23.9. The summed E-state index contributed by atoms with van der Waals surface area (Å²) >= 11 is 0. The predicted molar refractivity (Wildman–Crippen MR) is 122 cm³/mol. The number of aromatic nitrogens is 1. The topological polar surface area (TPSA) is 122 Å². The molecule has 10 heteroatoms. The van der Waals surface area contributed by atoms with E-state index in [-0.39, 0.29) is 41.5 Å². The zero-order chi connectivity index (χ0) is 23.4. The van der Waals surface area contributed by atoms with Crippen molar-refractivity contribution in [1.82, 2.24) is 14.8 Å². The number of amides is 2. The van der Waals surface area contributed by atoms with Crippen molar-refractivity contribution in [1.29, 1.82) is 0 Å². The lowest BCUT2D eigenvalue weighted by Crippen LogP contribution is -2.46. The Kier molecular flexibility index (Phi) is 6.57. The molecule has 0 spiro atoms. The van der Waals surface area contributed by atoms with E-state index in [9.17, 15) is 18.0 Å². The van der Waals surface area contributed by atoms with Crippen molar-refractivity contribution in [2.45, 2.75) is 30.7 Å². The second-order valence-electron chi connectivity index (χ2n) is 7.80. The van der Waals surface area contributed by atoms with Crippen LogP contribution in [0.2, 0.25) is 0 Å². The average molecular weight is 469 g/mol. The molecule has 1 aromatic heterocycles. The third-order valence-electron chi connectivity index (χ3n) is 5.40. The van der Waals surface area contributed by atoms with Crippen molar-refractivity contribution in [2.75, 3.05) is 18.4 Å². The van der Waals surface area contributed by atoms with Crippen LogP contribution in [0.4, 0.5) is 5.69 Å². The number of hydrogen-bond donors (Lipinski definition) is 2. The second kappa shape index (κ2) is 9.55. The summed E-state index contributed by atoms with van der Waals surface area (Å²) in [6, 6.07) is 16.9. The van der Waals surface area contributed by atoms with E-state index in [1.165, 1.54) is 23.4 Å². The lowest BCUT2D eigenvalue weighted by Gasteiger charge is -2.31. The molecule has 2 heterocycles. The van der Waals surface area contributed by atoms with Gasteiger partial charge in [0.25, 0.3) is 5.91 Å². The number of sulfonamides is 1. The molecule has 0 atom stereocenters. The summed E-state index contributed by atoms with van der Waals surface area (Å²) in [7, 11) is -3.66. The Morgan fingerprint density at radius 1 is 1.03 bits per heavy atom. The number of nitrogens with one attached hydrogen (secondary N) is 2. The van der Waals surface area contributed by atoms with Gasteiger partial charge in [-0.1, -0.05) is 35.5 Å². The molecule has 172 valence electrons. The summed E-state index contributed by atoms with van der Waals surface area (Å²) in [5, 5.41) is 9.38. The highest BCUT2D eigenvalue weighted by Gasteiger charge is 2.30. The number of benzene rings is 2. The van der Waals surface area contributed by atoms with E-state index >= 15 is 0 Å². The van der Waals surface area contributed by atoms with Crippen molar-refractivity contribution >= 4 is 27.5 Å². The van der Waals surface area contributed by atoms with Crippen LogP contribution < -0.4 is 10.6 Å². The smallest absolute Gasteiger partial charge is 0.273 e. The lowest BCUT2D eigenvalue weighted by molar-refractivity contribution is -0.114. The minimum Gasteiger partial charge on any atom is -0.355 e. The Bertz CT molecular complexity index is 1230. The first-order valence-electron chi connectivity index (χ1n) is 10.5. The van der Waals surface area contributed by atoms with Crippen LogP contribution in [0, 0.1) is 0 Å². The van der Waals surface area contributed by atoms with Crippen LogP contribution in [-0.2, 0) is 14.8 Å². The van der Waals surface area contributed by atoms with Crippen molar-refractivity contribution in [3.8, 4) is 11.3 Å². The zero-order valence-electron chi connectivity index (χ0n) is 18.0. The fraction of sp³-hybridized carbons (Fsp3) is 0.261. The number of carbonyl (C=O) groups is 2. The third kappa shape index (κ3) is 5.29. The Morgan fingerprint density at radius 3 is 2.33 bits per heavy atom. The van der Waals surface area contributed by atoms with E-state index in [0.29, 0.717) is 24.3 Å². The van der Waals surface area contributed by atoms with Gasteiger partial charge in [-0.3, -0.25) is 9.59 Å². The van der Waals surface area contributed by atoms with Crippen LogP contribution in [0.3, 0.4) is 0 Å². The van der Waals surface area contributed by atoms with Gasteiger partial charge in [0.1, 0.15) is 0 Å². The first kappa shape index (κ1) is 22.7. The molecule has 0 radical (unpaired) electrons. The van der Waals surface area contributed by atoms with Gasteiger partial charge in [-0.2, -0.15) is 4.31 Å². The molecule has 1 aliphatic rings. The Morgan fingerprint density at radius 2 is 1.70 bits per heavy atom. The molecule has 9 nitrogen and oxygen atoms in total. The first-order chi connectivity index (χ1) is 15.8. The molecule has 0 unspecified atom stereocenters. The minimum absolute atomic E-state index is 0.162. The molecule has 2 aromatic carbocycles. The van der Waals surface area contributed by atoms with E-state index in [1.807, 2.05) is 30.3 Å². The van der Waals surface area contributed by atoms with Gasteiger partial charge >= 0.3 is 0 Å². The van der Waals surface area contributed by atoms with Crippen LogP contribution in [0.5, 0.6) is 0 Å². The van der Waals surface area contributed by atoms with Gasteiger partial charge in [0, 0.05) is 43.4 Å². The van der Waals surface area contributed by atoms with Crippen molar-refractivity contribution in [2.24, 2.45) is 0 Å². The van der Waals surface area contributed by atoms with E-state index in [2.05, 4.69) is 15.8 Å². The number of piperidine rings is 1. The third-order valence-corrected chi connectivity index (χ3v) is 7.32. The molecule has 2 N–H and O–H groups in total. The molecule has 0 saturated carbocycles. The maximum absolute atomic E-state index is 12.9. The summed E-state index contributed by atoms with van der Waals surface area (Å²) in [5.74, 6) is -0.0707. The number of carbonyl (C=O) groups excluding carboxylic acids is 2. The summed E-state index contributed by atoms with van der Waals surface area (Å²) in [6.07, 6.45) is 0.969. The Hall–Kier alpha value is -3.50. The molecule has 1 fully saturated rings. The average Bonchev–Trinajstić information content (AvgIpc) is 3.31. The fourth-order valence-electron chi connectivity index (χ4n) is 3.68. The van der Waals surface area contributed by atoms with Gasteiger partial charge in [0.05, 0.1) is 4.90 Å². The molecule has 1 aliphatic heterocycles. The van der Waals surface area contributed by atoms with Gasteiger partial charge in [0.15, 0.2) is 11.5 Å². The standard InChI is InChI=1S/C23H24N4O5S/c1-16(28)24-18-7-9-20(10-8-18)33(30,31)27-13-11-19(12-14-27)25-23(29)21-15-22(32-26-21)17-5-3-2-4-6-17/h2-10,15,19H,11-14H2,1H3,(H,24,28)(H,25,29). The number of anilines is 1. The van der Waals surface area contributed by atoms with E-state index in [1.54, 1.807) is 18.2 Å². The zero-order valence-corrected chi connectivity index (χ0v) is 18.8. The van der Waals surface area contributed by atoms with Crippen molar-refractivity contribution in [3.63, 3.8) is 0 Å². The van der Waals surface area contributed by atoms with Crippen LogP contribution in [0.1, 0.15) is 30.3 Å². The van der Waals surface area contributed by atoms with Gasteiger partial charge < -0.3 is 15.2 Å². The van der Waals surface area contributed by atoms with Gasteiger partial charge in [-0.15, -0.1) is 0 Å². The van der Waals surface area contributed by atoms with Crippen LogP contribution in [0.15, 0.2) is 70.1 Å². The quantitative estimate of drug-likeness (QED) is 0.574. The molecular weight excluding hydrogens is 444 g/mol. The highest BCUT2D eigenvalue weighted by Crippen LogP contribution is 2.23. The molecule has 2 amide bonds. The minimum atomic E-state index is -3.66. The fourth-order valence-corrected chi connectivity index (χ4v) is 5.15. The summed E-state index contributed by atoms with van der Waals surface area (Å²) < 4.78 is 32.6. The number of hydrogen-bond acceptors (Lipinski definition) is 6.